The van der Waals surface area contributed by atoms with E-state index in [1.807, 2.05) is 57.4 Å². The summed E-state index contributed by atoms with van der Waals surface area (Å²) >= 11 is 1.66. The SMILES string of the molecule is CSc1ccc(/C=C(\C#N)C(=O)C(C)(C)C)cc1. The monoisotopic (exact) mass is 259 g/mol. The second kappa shape index (κ2) is 5.88. The van der Waals surface area contributed by atoms with Crippen LogP contribution in [-0.2, 0) is 4.79 Å². The Morgan fingerprint density at radius 2 is 1.83 bits per heavy atom. The summed E-state index contributed by atoms with van der Waals surface area (Å²) in [6.45, 7) is 5.45. The Kier molecular flexibility index (Phi) is 4.75. The van der Waals surface area contributed by atoms with Gasteiger partial charge in [0.2, 0.25) is 0 Å². The topological polar surface area (TPSA) is 40.9 Å². The molecule has 0 radical (unpaired) electrons. The molecule has 0 amide bonds. The minimum atomic E-state index is -0.527. The fraction of sp³-hybridized carbons (Fsp3) is 0.333. The first-order chi connectivity index (χ1) is 8.38. The summed E-state index contributed by atoms with van der Waals surface area (Å²) in [6.07, 6.45) is 3.66. The molecule has 1 rings (SSSR count). The molecule has 0 heterocycles. The van der Waals surface area contributed by atoms with Gasteiger partial charge in [0.15, 0.2) is 5.78 Å². The molecule has 0 aliphatic rings. The highest BCUT2D eigenvalue weighted by Crippen LogP contribution is 2.22. The average molecular weight is 259 g/mol. The Bertz CT molecular complexity index is 501. The minimum Gasteiger partial charge on any atom is -0.293 e. The van der Waals surface area contributed by atoms with Gasteiger partial charge < -0.3 is 0 Å². The number of hydrogen-bond acceptors (Lipinski definition) is 3. The molecule has 1 aromatic rings. The lowest BCUT2D eigenvalue weighted by atomic mass is 9.86. The van der Waals surface area contributed by atoms with E-state index in [1.54, 1.807) is 17.8 Å². The second-order valence-corrected chi connectivity index (χ2v) is 5.90. The van der Waals surface area contributed by atoms with Gasteiger partial charge in [0.1, 0.15) is 6.07 Å². The summed E-state index contributed by atoms with van der Waals surface area (Å²) in [5.74, 6) is -0.126. The lowest BCUT2D eigenvalue weighted by Gasteiger charge is -2.15. The Hall–Kier alpha value is -1.53. The van der Waals surface area contributed by atoms with Gasteiger partial charge >= 0.3 is 0 Å². The third-order valence-electron chi connectivity index (χ3n) is 2.47. The van der Waals surface area contributed by atoms with Crippen LogP contribution in [0.4, 0.5) is 0 Å². The van der Waals surface area contributed by atoms with Crippen molar-refractivity contribution in [2.75, 3.05) is 6.26 Å². The van der Waals surface area contributed by atoms with Crippen LogP contribution >= 0.6 is 11.8 Å². The molecule has 2 nitrogen and oxygen atoms in total. The Morgan fingerprint density at radius 1 is 1.28 bits per heavy atom. The minimum absolute atomic E-state index is 0.126. The number of Topliss-reactive ketones (excluding diaryl/α,β-unsaturated/α-hetero) is 1. The molecule has 0 spiro atoms. The van der Waals surface area contributed by atoms with E-state index in [0.29, 0.717) is 0 Å². The number of ketones is 1. The predicted octanol–water partition coefficient (Wildman–Crippen LogP) is 3.93. The number of carbonyl (C=O) groups is 1. The predicted molar refractivity (Wildman–Crippen MR) is 76.3 cm³/mol. The Morgan fingerprint density at radius 3 is 2.22 bits per heavy atom. The van der Waals surface area contributed by atoms with Gasteiger partial charge in [-0.15, -0.1) is 11.8 Å². The molecule has 0 atom stereocenters. The van der Waals surface area contributed by atoms with Gasteiger partial charge in [-0.2, -0.15) is 5.26 Å². The van der Waals surface area contributed by atoms with Crippen molar-refractivity contribution in [3.8, 4) is 6.07 Å². The normalized spacial score (nSPS) is 12.1. The van der Waals surface area contributed by atoms with Gasteiger partial charge in [-0.3, -0.25) is 4.79 Å². The van der Waals surface area contributed by atoms with Crippen molar-refractivity contribution in [3.63, 3.8) is 0 Å². The first kappa shape index (κ1) is 14.5. The summed E-state index contributed by atoms with van der Waals surface area (Å²) < 4.78 is 0. The Labute approximate surface area is 113 Å². The van der Waals surface area contributed by atoms with Crippen LogP contribution in [0.3, 0.4) is 0 Å². The quantitative estimate of drug-likeness (QED) is 0.469. The summed E-state index contributed by atoms with van der Waals surface area (Å²) in [4.78, 5) is 13.2. The number of nitrogens with zero attached hydrogens (tertiary/aromatic N) is 1. The van der Waals surface area contributed by atoms with E-state index < -0.39 is 5.41 Å². The number of hydrogen-bond donors (Lipinski definition) is 0. The van der Waals surface area contributed by atoms with Gasteiger partial charge in [-0.1, -0.05) is 32.9 Å². The van der Waals surface area contributed by atoms with Crippen LogP contribution < -0.4 is 0 Å². The molecule has 0 bridgehead atoms. The first-order valence-electron chi connectivity index (χ1n) is 5.69. The summed E-state index contributed by atoms with van der Waals surface area (Å²) in [7, 11) is 0. The second-order valence-electron chi connectivity index (χ2n) is 5.02. The molecular formula is C15H17NOS. The molecule has 18 heavy (non-hydrogen) atoms. The van der Waals surface area contributed by atoms with E-state index in [9.17, 15) is 4.79 Å². The molecule has 0 aliphatic carbocycles. The third-order valence-corrected chi connectivity index (χ3v) is 3.22. The largest absolute Gasteiger partial charge is 0.293 e. The van der Waals surface area contributed by atoms with E-state index >= 15 is 0 Å². The van der Waals surface area contributed by atoms with Crippen LogP contribution in [0.25, 0.3) is 6.08 Å². The fourth-order valence-electron chi connectivity index (χ4n) is 1.42. The number of allylic oxidation sites excluding steroid dienone is 1. The van der Waals surface area contributed by atoms with Crippen LogP contribution in [0, 0.1) is 16.7 Å². The van der Waals surface area contributed by atoms with Crippen LogP contribution in [0.2, 0.25) is 0 Å². The van der Waals surface area contributed by atoms with Gasteiger partial charge in [0.05, 0.1) is 5.57 Å². The van der Waals surface area contributed by atoms with Crippen molar-refractivity contribution >= 4 is 23.6 Å². The van der Waals surface area contributed by atoms with E-state index in [0.717, 1.165) is 10.5 Å². The van der Waals surface area contributed by atoms with E-state index in [2.05, 4.69) is 0 Å². The van der Waals surface area contributed by atoms with Crippen LogP contribution in [0.15, 0.2) is 34.7 Å². The van der Waals surface area contributed by atoms with E-state index in [4.69, 9.17) is 5.26 Å². The molecule has 0 aliphatic heterocycles. The molecule has 94 valence electrons. The fourth-order valence-corrected chi connectivity index (χ4v) is 1.83. The zero-order valence-electron chi connectivity index (χ0n) is 11.2. The zero-order chi connectivity index (χ0) is 13.8. The zero-order valence-corrected chi connectivity index (χ0v) is 12.0. The molecule has 0 saturated carbocycles. The molecule has 0 fully saturated rings. The summed E-state index contributed by atoms with van der Waals surface area (Å²) in [6, 6.07) is 9.78. The highest BCUT2D eigenvalue weighted by molar-refractivity contribution is 7.98. The van der Waals surface area contributed by atoms with Crippen molar-refractivity contribution in [3.05, 3.63) is 35.4 Å². The lowest BCUT2D eigenvalue weighted by molar-refractivity contribution is -0.121. The summed E-state index contributed by atoms with van der Waals surface area (Å²) in [5.41, 5.74) is 0.558. The first-order valence-corrected chi connectivity index (χ1v) is 6.91. The molecular weight excluding hydrogens is 242 g/mol. The number of benzene rings is 1. The number of rotatable bonds is 3. The molecule has 1 aromatic carbocycles. The standard InChI is InChI=1S/C15H17NOS/c1-15(2,3)14(17)12(10-16)9-11-5-7-13(18-4)8-6-11/h5-9H,1-4H3/b12-9+. The average Bonchev–Trinajstić information content (AvgIpc) is 2.34. The Balaban J connectivity index is 3.05. The van der Waals surface area contributed by atoms with Gasteiger partial charge in [0.25, 0.3) is 0 Å². The van der Waals surface area contributed by atoms with Gasteiger partial charge in [0, 0.05) is 10.3 Å². The van der Waals surface area contributed by atoms with Gasteiger partial charge in [-0.25, -0.2) is 0 Å². The van der Waals surface area contributed by atoms with Crippen molar-refractivity contribution in [2.45, 2.75) is 25.7 Å². The van der Waals surface area contributed by atoms with Crippen LogP contribution in [0.1, 0.15) is 26.3 Å². The highest BCUT2D eigenvalue weighted by atomic mass is 32.2. The maximum Gasteiger partial charge on any atom is 0.178 e. The molecule has 0 aromatic heterocycles. The molecule has 0 saturated heterocycles. The smallest absolute Gasteiger partial charge is 0.178 e. The number of carbonyl (C=O) groups excluding carboxylic acids is 1. The number of thioether (sulfide) groups is 1. The van der Waals surface area contributed by atoms with Crippen molar-refractivity contribution in [1.82, 2.24) is 0 Å². The maximum atomic E-state index is 12.0. The summed E-state index contributed by atoms with van der Waals surface area (Å²) in [5, 5.41) is 9.08. The third kappa shape index (κ3) is 3.75. The number of nitriles is 1. The van der Waals surface area contributed by atoms with Crippen molar-refractivity contribution < 1.29 is 4.79 Å². The molecule has 0 N–H and O–H groups in total. The molecule has 3 heteroatoms. The molecule has 0 unspecified atom stereocenters. The van der Waals surface area contributed by atoms with Crippen molar-refractivity contribution in [1.29, 1.82) is 5.26 Å². The highest BCUT2D eigenvalue weighted by Gasteiger charge is 2.24. The maximum absolute atomic E-state index is 12.0. The van der Waals surface area contributed by atoms with Gasteiger partial charge in [-0.05, 0) is 30.0 Å². The van der Waals surface area contributed by atoms with E-state index in [-0.39, 0.29) is 11.4 Å². The van der Waals surface area contributed by atoms with E-state index in [1.165, 1.54) is 0 Å². The lowest BCUT2D eigenvalue weighted by Crippen LogP contribution is -2.21. The van der Waals surface area contributed by atoms with Crippen molar-refractivity contribution in [2.24, 2.45) is 5.41 Å². The van der Waals surface area contributed by atoms with Crippen LogP contribution in [-0.4, -0.2) is 12.0 Å². The van der Waals surface area contributed by atoms with Crippen LogP contribution in [0.5, 0.6) is 0 Å².